The molecular formula is C24H32N2O2. The minimum absolute atomic E-state index is 0.0336. The van der Waals surface area contributed by atoms with E-state index < -0.39 is 0 Å². The summed E-state index contributed by atoms with van der Waals surface area (Å²) in [6.07, 6.45) is 0.604. The van der Waals surface area contributed by atoms with Crippen LogP contribution in [0.25, 0.3) is 0 Å². The van der Waals surface area contributed by atoms with E-state index in [1.165, 1.54) is 5.56 Å². The molecule has 0 aliphatic carbocycles. The maximum atomic E-state index is 12.4. The third-order valence-electron chi connectivity index (χ3n) is 4.83. The number of hydrogen-bond acceptors (Lipinski definition) is 2. The predicted octanol–water partition coefficient (Wildman–Crippen LogP) is 4.37. The maximum Gasteiger partial charge on any atom is 0.224 e. The lowest BCUT2D eigenvalue weighted by atomic mass is 9.93. The molecule has 4 heteroatoms. The largest absolute Gasteiger partial charge is 0.355 e. The van der Waals surface area contributed by atoms with Crippen LogP contribution in [0.5, 0.6) is 0 Å². The van der Waals surface area contributed by atoms with Gasteiger partial charge in [0.15, 0.2) is 0 Å². The SMILES string of the molecule is CC(C)c1ccc(C(NC(=O)CCNC(=O)Cc2ccccc2)C(C)C)cc1. The molecule has 0 aliphatic rings. The van der Waals surface area contributed by atoms with Crippen LogP contribution in [0.3, 0.4) is 0 Å². The minimum Gasteiger partial charge on any atom is -0.355 e. The molecule has 1 atom stereocenters. The van der Waals surface area contributed by atoms with E-state index in [0.717, 1.165) is 11.1 Å². The molecule has 0 spiro atoms. The van der Waals surface area contributed by atoms with Crippen molar-refractivity contribution in [1.82, 2.24) is 10.6 Å². The molecule has 0 radical (unpaired) electrons. The Bertz CT molecular complexity index is 752. The van der Waals surface area contributed by atoms with Gasteiger partial charge >= 0.3 is 0 Å². The molecule has 0 saturated carbocycles. The molecule has 2 aromatic rings. The highest BCUT2D eigenvalue weighted by Gasteiger charge is 2.18. The van der Waals surface area contributed by atoms with Gasteiger partial charge in [0, 0.05) is 13.0 Å². The quantitative estimate of drug-likeness (QED) is 0.678. The molecule has 2 rings (SSSR count). The summed E-state index contributed by atoms with van der Waals surface area (Å²) >= 11 is 0. The van der Waals surface area contributed by atoms with Crippen LogP contribution in [0, 0.1) is 5.92 Å². The summed E-state index contributed by atoms with van der Waals surface area (Å²) in [5.74, 6) is 0.650. The van der Waals surface area contributed by atoms with Gasteiger partial charge in [-0.25, -0.2) is 0 Å². The lowest BCUT2D eigenvalue weighted by Gasteiger charge is -2.23. The summed E-state index contributed by atoms with van der Waals surface area (Å²) in [7, 11) is 0. The van der Waals surface area contributed by atoms with E-state index in [1.54, 1.807) is 0 Å². The fraction of sp³-hybridized carbons (Fsp3) is 0.417. The smallest absolute Gasteiger partial charge is 0.224 e. The highest BCUT2D eigenvalue weighted by Crippen LogP contribution is 2.24. The van der Waals surface area contributed by atoms with Crippen molar-refractivity contribution in [2.75, 3.05) is 6.54 Å². The van der Waals surface area contributed by atoms with Gasteiger partial charge in [-0.1, -0.05) is 82.3 Å². The van der Waals surface area contributed by atoms with E-state index in [4.69, 9.17) is 0 Å². The van der Waals surface area contributed by atoms with Crippen molar-refractivity contribution in [3.8, 4) is 0 Å². The summed E-state index contributed by atoms with van der Waals surface area (Å²) in [6.45, 7) is 8.88. The number of amides is 2. The Labute approximate surface area is 168 Å². The van der Waals surface area contributed by atoms with Gasteiger partial charge in [0.05, 0.1) is 12.5 Å². The molecule has 28 heavy (non-hydrogen) atoms. The van der Waals surface area contributed by atoms with Crippen LogP contribution in [0.4, 0.5) is 0 Å². The summed E-state index contributed by atoms with van der Waals surface area (Å²) < 4.78 is 0. The molecule has 0 fully saturated rings. The lowest BCUT2D eigenvalue weighted by Crippen LogP contribution is -2.35. The number of benzene rings is 2. The standard InChI is InChI=1S/C24H32N2O2/c1-17(2)20-10-12-21(13-11-20)24(18(3)4)26-22(27)14-15-25-23(28)16-19-8-6-5-7-9-19/h5-13,17-18,24H,14-16H2,1-4H3,(H,25,28)(H,26,27). The first-order valence-electron chi connectivity index (χ1n) is 10.1. The van der Waals surface area contributed by atoms with Gasteiger partial charge in [-0.05, 0) is 28.5 Å². The van der Waals surface area contributed by atoms with Crippen LogP contribution in [0.1, 0.15) is 62.8 Å². The van der Waals surface area contributed by atoms with E-state index in [0.29, 0.717) is 18.9 Å². The van der Waals surface area contributed by atoms with Crippen molar-refractivity contribution < 1.29 is 9.59 Å². The van der Waals surface area contributed by atoms with Gasteiger partial charge in [0.2, 0.25) is 11.8 Å². The molecule has 2 N–H and O–H groups in total. The Kier molecular flexibility index (Phi) is 8.24. The Morgan fingerprint density at radius 2 is 1.43 bits per heavy atom. The fourth-order valence-electron chi connectivity index (χ4n) is 3.13. The molecule has 2 amide bonds. The molecule has 2 aromatic carbocycles. The van der Waals surface area contributed by atoms with E-state index in [2.05, 4.69) is 62.6 Å². The van der Waals surface area contributed by atoms with E-state index in [1.807, 2.05) is 30.3 Å². The fourth-order valence-corrected chi connectivity index (χ4v) is 3.13. The topological polar surface area (TPSA) is 58.2 Å². The summed E-state index contributed by atoms with van der Waals surface area (Å²) in [6, 6.07) is 18.0. The van der Waals surface area contributed by atoms with Crippen molar-refractivity contribution in [2.45, 2.75) is 52.5 Å². The molecule has 0 heterocycles. The summed E-state index contributed by atoms with van der Waals surface area (Å²) in [5.41, 5.74) is 3.37. The molecule has 0 saturated heterocycles. The lowest BCUT2D eigenvalue weighted by molar-refractivity contribution is -0.122. The normalized spacial score (nSPS) is 12.1. The van der Waals surface area contributed by atoms with Gasteiger partial charge in [0.25, 0.3) is 0 Å². The maximum absolute atomic E-state index is 12.4. The predicted molar refractivity (Wildman–Crippen MR) is 114 cm³/mol. The van der Waals surface area contributed by atoms with Crippen molar-refractivity contribution in [1.29, 1.82) is 0 Å². The van der Waals surface area contributed by atoms with Gasteiger partial charge in [-0.3, -0.25) is 9.59 Å². The monoisotopic (exact) mass is 380 g/mol. The van der Waals surface area contributed by atoms with Gasteiger partial charge in [-0.2, -0.15) is 0 Å². The molecule has 0 aliphatic heterocycles. The number of nitrogens with one attached hydrogen (secondary N) is 2. The molecule has 4 nitrogen and oxygen atoms in total. The third-order valence-corrected chi connectivity index (χ3v) is 4.83. The molecule has 150 valence electrons. The molecule has 0 aromatic heterocycles. The number of rotatable bonds is 9. The molecular weight excluding hydrogens is 348 g/mol. The van der Waals surface area contributed by atoms with Crippen LogP contribution >= 0.6 is 0 Å². The minimum atomic E-state index is -0.0660. The van der Waals surface area contributed by atoms with Crippen LogP contribution in [0.2, 0.25) is 0 Å². The van der Waals surface area contributed by atoms with Crippen LogP contribution in [-0.4, -0.2) is 18.4 Å². The second kappa shape index (κ2) is 10.6. The number of carbonyl (C=O) groups is 2. The van der Waals surface area contributed by atoms with E-state index in [9.17, 15) is 9.59 Å². The average molecular weight is 381 g/mol. The van der Waals surface area contributed by atoms with Crippen LogP contribution in [0.15, 0.2) is 54.6 Å². The first kappa shape index (κ1) is 21.7. The zero-order valence-corrected chi connectivity index (χ0v) is 17.4. The number of carbonyl (C=O) groups excluding carboxylic acids is 2. The van der Waals surface area contributed by atoms with Gasteiger partial charge in [0.1, 0.15) is 0 Å². The summed E-state index contributed by atoms with van der Waals surface area (Å²) in [5, 5.41) is 5.94. The van der Waals surface area contributed by atoms with Crippen molar-refractivity contribution in [2.24, 2.45) is 5.92 Å². The van der Waals surface area contributed by atoms with Crippen molar-refractivity contribution >= 4 is 11.8 Å². The van der Waals surface area contributed by atoms with E-state index >= 15 is 0 Å². The second-order valence-corrected chi connectivity index (χ2v) is 7.87. The molecule has 0 bridgehead atoms. The zero-order chi connectivity index (χ0) is 20.5. The van der Waals surface area contributed by atoms with Gasteiger partial charge < -0.3 is 10.6 Å². The Balaban J connectivity index is 1.82. The summed E-state index contributed by atoms with van der Waals surface area (Å²) in [4.78, 5) is 24.4. The van der Waals surface area contributed by atoms with Crippen molar-refractivity contribution in [3.63, 3.8) is 0 Å². The first-order chi connectivity index (χ1) is 13.4. The second-order valence-electron chi connectivity index (χ2n) is 7.87. The third kappa shape index (κ3) is 6.84. The Morgan fingerprint density at radius 1 is 0.821 bits per heavy atom. The Hall–Kier alpha value is -2.62. The van der Waals surface area contributed by atoms with Crippen LogP contribution in [-0.2, 0) is 16.0 Å². The van der Waals surface area contributed by atoms with E-state index in [-0.39, 0.29) is 30.2 Å². The first-order valence-corrected chi connectivity index (χ1v) is 10.1. The van der Waals surface area contributed by atoms with Crippen molar-refractivity contribution in [3.05, 3.63) is 71.3 Å². The molecule has 1 unspecified atom stereocenters. The average Bonchev–Trinajstić information content (AvgIpc) is 2.66. The highest BCUT2D eigenvalue weighted by molar-refractivity contribution is 5.80. The van der Waals surface area contributed by atoms with Gasteiger partial charge in [-0.15, -0.1) is 0 Å². The Morgan fingerprint density at radius 3 is 2.00 bits per heavy atom. The van der Waals surface area contributed by atoms with Crippen LogP contribution < -0.4 is 10.6 Å². The zero-order valence-electron chi connectivity index (χ0n) is 17.4. The number of hydrogen-bond donors (Lipinski definition) is 2. The highest BCUT2D eigenvalue weighted by atomic mass is 16.2.